The van der Waals surface area contributed by atoms with Crippen LogP contribution in [0.15, 0.2) is 12.2 Å². The summed E-state index contributed by atoms with van der Waals surface area (Å²) in [4.78, 5) is 10.1. The molecule has 0 N–H and O–H groups in total. The number of carbonyl (C=O) groups is 1. The van der Waals surface area contributed by atoms with Gasteiger partial charge in [-0.3, -0.25) is 0 Å². The van der Waals surface area contributed by atoms with Crippen LogP contribution < -0.4 is 0 Å². The summed E-state index contributed by atoms with van der Waals surface area (Å²) in [5.41, 5.74) is 1.11. The largest absolute Gasteiger partial charge is 0.303 e. The third-order valence-corrected chi connectivity index (χ3v) is 3.23. The lowest BCUT2D eigenvalue weighted by molar-refractivity contribution is -0.107. The quantitative estimate of drug-likeness (QED) is 0.459. The first kappa shape index (κ1) is 7.86. The topological polar surface area (TPSA) is 17.1 Å². The molecule has 0 amide bonds. The Kier molecular flexibility index (Phi) is 3.00. The van der Waals surface area contributed by atoms with Gasteiger partial charge in [0.2, 0.25) is 0 Å². The summed E-state index contributed by atoms with van der Waals surface area (Å²) >= 11 is 1.93. The van der Waals surface area contributed by atoms with Crippen molar-refractivity contribution in [3.63, 3.8) is 0 Å². The van der Waals surface area contributed by atoms with Gasteiger partial charge in [0.15, 0.2) is 0 Å². The summed E-state index contributed by atoms with van der Waals surface area (Å²) < 4.78 is 0. The predicted molar refractivity (Wildman–Crippen MR) is 45.3 cm³/mol. The average Bonchev–Trinajstić information content (AvgIpc) is 2.38. The second kappa shape index (κ2) is 3.81. The normalized spacial score (nSPS) is 24.6. The van der Waals surface area contributed by atoms with Crippen molar-refractivity contribution in [3.8, 4) is 0 Å². The Labute approximate surface area is 65.9 Å². The van der Waals surface area contributed by atoms with Crippen LogP contribution in [0.4, 0.5) is 0 Å². The van der Waals surface area contributed by atoms with Crippen LogP contribution in [0, 0.1) is 0 Å². The second-order valence-electron chi connectivity index (χ2n) is 2.53. The summed E-state index contributed by atoms with van der Waals surface area (Å²) in [6.07, 6.45) is 4.00. The van der Waals surface area contributed by atoms with Crippen molar-refractivity contribution in [1.82, 2.24) is 0 Å². The van der Waals surface area contributed by atoms with E-state index in [2.05, 4.69) is 6.58 Å². The molecule has 1 heterocycles. The molecule has 0 aromatic rings. The SMILES string of the molecule is C=C(CC=O)C1CCCS1. The molecule has 1 fully saturated rings. The zero-order valence-electron chi connectivity index (χ0n) is 6.01. The molecule has 1 saturated heterocycles. The molecule has 0 saturated carbocycles. The third kappa shape index (κ3) is 1.87. The van der Waals surface area contributed by atoms with Crippen LogP contribution in [-0.2, 0) is 4.79 Å². The predicted octanol–water partition coefficient (Wildman–Crippen LogP) is 2.03. The minimum absolute atomic E-state index is 0.553. The molecule has 1 unspecified atom stereocenters. The first-order valence-corrected chi connectivity index (χ1v) is 4.62. The van der Waals surface area contributed by atoms with Crippen molar-refractivity contribution in [3.05, 3.63) is 12.2 Å². The lowest BCUT2D eigenvalue weighted by atomic mass is 10.1. The van der Waals surface area contributed by atoms with E-state index in [1.54, 1.807) is 0 Å². The summed E-state index contributed by atoms with van der Waals surface area (Å²) in [5.74, 6) is 1.24. The van der Waals surface area contributed by atoms with Crippen LogP contribution in [0.2, 0.25) is 0 Å². The lowest BCUT2D eigenvalue weighted by Crippen LogP contribution is -2.00. The highest BCUT2D eigenvalue weighted by Gasteiger charge is 2.17. The van der Waals surface area contributed by atoms with E-state index in [0.29, 0.717) is 11.7 Å². The molecule has 0 radical (unpaired) electrons. The van der Waals surface area contributed by atoms with Gasteiger partial charge in [0, 0.05) is 11.7 Å². The fourth-order valence-corrected chi connectivity index (χ4v) is 2.42. The minimum atomic E-state index is 0.553. The molecule has 1 aliphatic rings. The molecular weight excluding hydrogens is 144 g/mol. The van der Waals surface area contributed by atoms with Crippen molar-refractivity contribution in [2.75, 3.05) is 5.75 Å². The highest BCUT2D eigenvalue weighted by molar-refractivity contribution is 8.00. The van der Waals surface area contributed by atoms with E-state index in [0.717, 1.165) is 11.9 Å². The Morgan fingerprint density at radius 3 is 3.10 bits per heavy atom. The first-order chi connectivity index (χ1) is 4.84. The van der Waals surface area contributed by atoms with Gasteiger partial charge in [-0.15, -0.1) is 0 Å². The molecule has 10 heavy (non-hydrogen) atoms. The van der Waals surface area contributed by atoms with Gasteiger partial charge in [-0.05, 0) is 18.6 Å². The van der Waals surface area contributed by atoms with E-state index in [-0.39, 0.29) is 0 Å². The molecule has 1 rings (SSSR count). The zero-order chi connectivity index (χ0) is 7.40. The van der Waals surface area contributed by atoms with Crippen molar-refractivity contribution < 1.29 is 4.79 Å². The molecular formula is C8H12OS. The van der Waals surface area contributed by atoms with Gasteiger partial charge in [0.1, 0.15) is 6.29 Å². The van der Waals surface area contributed by atoms with Crippen LogP contribution in [0.5, 0.6) is 0 Å². The molecule has 0 bridgehead atoms. The van der Waals surface area contributed by atoms with Crippen molar-refractivity contribution in [1.29, 1.82) is 0 Å². The van der Waals surface area contributed by atoms with Gasteiger partial charge in [0.25, 0.3) is 0 Å². The van der Waals surface area contributed by atoms with Crippen LogP contribution >= 0.6 is 11.8 Å². The fraction of sp³-hybridized carbons (Fsp3) is 0.625. The Bertz CT molecular complexity index is 136. The minimum Gasteiger partial charge on any atom is -0.303 e. The summed E-state index contributed by atoms with van der Waals surface area (Å²) in [6, 6.07) is 0. The summed E-state index contributed by atoms with van der Waals surface area (Å²) in [6.45, 7) is 3.87. The Morgan fingerprint density at radius 2 is 2.60 bits per heavy atom. The Morgan fingerprint density at radius 1 is 1.80 bits per heavy atom. The van der Waals surface area contributed by atoms with Gasteiger partial charge in [-0.1, -0.05) is 12.2 Å². The molecule has 0 aliphatic carbocycles. The van der Waals surface area contributed by atoms with E-state index in [4.69, 9.17) is 0 Å². The van der Waals surface area contributed by atoms with E-state index in [1.807, 2.05) is 11.8 Å². The molecule has 0 aromatic carbocycles. The molecule has 0 spiro atoms. The van der Waals surface area contributed by atoms with E-state index in [1.165, 1.54) is 18.6 Å². The van der Waals surface area contributed by atoms with Crippen LogP contribution in [0.3, 0.4) is 0 Å². The van der Waals surface area contributed by atoms with Gasteiger partial charge in [0.05, 0.1) is 0 Å². The Hall–Kier alpha value is -0.240. The van der Waals surface area contributed by atoms with E-state index < -0.39 is 0 Å². The van der Waals surface area contributed by atoms with Gasteiger partial charge >= 0.3 is 0 Å². The number of hydrogen-bond donors (Lipinski definition) is 0. The number of thioether (sulfide) groups is 1. The molecule has 1 atom stereocenters. The second-order valence-corrected chi connectivity index (χ2v) is 3.84. The van der Waals surface area contributed by atoms with E-state index >= 15 is 0 Å². The lowest BCUT2D eigenvalue weighted by Gasteiger charge is -2.07. The van der Waals surface area contributed by atoms with Gasteiger partial charge in [-0.25, -0.2) is 0 Å². The smallest absolute Gasteiger partial charge is 0.124 e. The fourth-order valence-electron chi connectivity index (χ4n) is 1.14. The van der Waals surface area contributed by atoms with Crippen molar-refractivity contribution >= 4 is 18.0 Å². The highest BCUT2D eigenvalue weighted by Crippen LogP contribution is 2.31. The number of rotatable bonds is 3. The number of aldehydes is 1. The zero-order valence-corrected chi connectivity index (χ0v) is 6.82. The number of hydrogen-bond acceptors (Lipinski definition) is 2. The molecule has 0 aromatic heterocycles. The standard InChI is InChI=1S/C8H12OS/c1-7(4-5-9)8-3-2-6-10-8/h5,8H,1-4,6H2. The number of carbonyl (C=O) groups excluding carboxylic acids is 1. The third-order valence-electron chi connectivity index (χ3n) is 1.73. The summed E-state index contributed by atoms with van der Waals surface area (Å²) in [5, 5.41) is 0.574. The van der Waals surface area contributed by atoms with Crippen LogP contribution in [0.1, 0.15) is 19.3 Å². The maximum atomic E-state index is 10.1. The van der Waals surface area contributed by atoms with Gasteiger partial charge in [-0.2, -0.15) is 11.8 Å². The van der Waals surface area contributed by atoms with Gasteiger partial charge < -0.3 is 4.79 Å². The maximum Gasteiger partial charge on any atom is 0.124 e. The van der Waals surface area contributed by atoms with Crippen LogP contribution in [-0.4, -0.2) is 17.3 Å². The molecule has 56 valence electrons. The van der Waals surface area contributed by atoms with Crippen LogP contribution in [0.25, 0.3) is 0 Å². The molecule has 1 nitrogen and oxygen atoms in total. The monoisotopic (exact) mass is 156 g/mol. The summed E-state index contributed by atoms with van der Waals surface area (Å²) in [7, 11) is 0. The highest BCUT2D eigenvalue weighted by atomic mass is 32.2. The molecule has 2 heteroatoms. The molecule has 1 aliphatic heterocycles. The maximum absolute atomic E-state index is 10.1. The average molecular weight is 156 g/mol. The van der Waals surface area contributed by atoms with Crippen molar-refractivity contribution in [2.24, 2.45) is 0 Å². The van der Waals surface area contributed by atoms with E-state index in [9.17, 15) is 4.79 Å². The van der Waals surface area contributed by atoms with Crippen molar-refractivity contribution in [2.45, 2.75) is 24.5 Å². The first-order valence-electron chi connectivity index (χ1n) is 3.57. The Balaban J connectivity index is 2.32.